The van der Waals surface area contributed by atoms with Gasteiger partial charge in [0.2, 0.25) is 0 Å². The number of likely N-dealkylation sites (tertiary alicyclic amines) is 1. The van der Waals surface area contributed by atoms with Crippen molar-refractivity contribution in [1.82, 2.24) is 9.80 Å². The number of amides is 2. The number of benzene rings is 1. The van der Waals surface area contributed by atoms with Crippen molar-refractivity contribution in [2.24, 2.45) is 0 Å². The van der Waals surface area contributed by atoms with E-state index in [0.717, 1.165) is 31.5 Å². The third kappa shape index (κ3) is 3.17. The van der Waals surface area contributed by atoms with Crippen LogP contribution in [0.3, 0.4) is 0 Å². The average molecular weight is 317 g/mol. The number of hydrogen-bond acceptors (Lipinski definition) is 3. The van der Waals surface area contributed by atoms with Gasteiger partial charge < -0.3 is 20.2 Å². The summed E-state index contributed by atoms with van der Waals surface area (Å²) in [6.45, 7) is 6.97. The van der Waals surface area contributed by atoms with Crippen molar-refractivity contribution in [3.8, 4) is 0 Å². The number of rotatable bonds is 3. The number of carboxylic acids is 1. The van der Waals surface area contributed by atoms with Crippen molar-refractivity contribution >= 4 is 17.7 Å². The summed E-state index contributed by atoms with van der Waals surface area (Å²) in [7, 11) is 0. The summed E-state index contributed by atoms with van der Waals surface area (Å²) in [6.07, 6.45) is 1.96. The normalized spacial score (nSPS) is 19.6. The summed E-state index contributed by atoms with van der Waals surface area (Å²) >= 11 is 0. The lowest BCUT2D eigenvalue weighted by molar-refractivity contribution is 0.0696. The van der Waals surface area contributed by atoms with Gasteiger partial charge in [0.05, 0.1) is 5.56 Å². The van der Waals surface area contributed by atoms with Crippen LogP contribution in [0.2, 0.25) is 0 Å². The molecule has 2 aliphatic rings. The number of carbonyl (C=O) groups excluding carboxylic acids is 1. The first-order chi connectivity index (χ1) is 11.0. The second-order valence-corrected chi connectivity index (χ2v) is 6.60. The highest BCUT2D eigenvalue weighted by atomic mass is 16.4. The highest BCUT2D eigenvalue weighted by Crippen LogP contribution is 2.29. The van der Waals surface area contributed by atoms with E-state index >= 15 is 0 Å². The molecule has 0 radical (unpaired) electrons. The maximum absolute atomic E-state index is 12.4. The molecular formula is C17H23N3O3. The van der Waals surface area contributed by atoms with E-state index in [0.29, 0.717) is 18.3 Å². The van der Waals surface area contributed by atoms with E-state index < -0.39 is 5.97 Å². The van der Waals surface area contributed by atoms with E-state index in [1.54, 1.807) is 12.1 Å². The van der Waals surface area contributed by atoms with Gasteiger partial charge in [-0.2, -0.15) is 0 Å². The zero-order valence-electron chi connectivity index (χ0n) is 13.6. The minimum absolute atomic E-state index is 0.122. The van der Waals surface area contributed by atoms with Gasteiger partial charge in [0.1, 0.15) is 0 Å². The number of hydrogen-bond donors (Lipinski definition) is 2. The fraction of sp³-hybridized carbons (Fsp3) is 0.529. The van der Waals surface area contributed by atoms with Crippen molar-refractivity contribution in [1.29, 1.82) is 0 Å². The smallest absolute Gasteiger partial charge is 0.335 e. The van der Waals surface area contributed by atoms with Crippen LogP contribution in [-0.4, -0.2) is 52.1 Å². The number of urea groups is 1. The van der Waals surface area contributed by atoms with Crippen molar-refractivity contribution in [3.05, 3.63) is 29.3 Å². The zero-order valence-corrected chi connectivity index (χ0v) is 13.6. The number of nitrogens with zero attached hydrogens (tertiary/aromatic N) is 2. The molecule has 2 aliphatic heterocycles. The summed E-state index contributed by atoms with van der Waals surface area (Å²) in [5.41, 5.74) is 1.79. The van der Waals surface area contributed by atoms with Crippen LogP contribution in [0.5, 0.6) is 0 Å². The lowest BCUT2D eigenvalue weighted by atomic mass is 9.99. The Morgan fingerprint density at radius 1 is 1.30 bits per heavy atom. The Bertz CT molecular complexity index is 622. The van der Waals surface area contributed by atoms with Gasteiger partial charge in [-0.05, 0) is 44.4 Å². The standard InChI is InChI=1S/C17H23N3O3/c1-11(2)19-7-5-14(6-8-19)20-10-13-4-3-12(16(21)22)9-15(13)18-17(20)23/h3-4,9,11,14H,5-8,10H2,1-2H3,(H,18,23)(H,21,22). The van der Waals surface area contributed by atoms with E-state index in [-0.39, 0.29) is 17.6 Å². The number of nitrogens with one attached hydrogen (secondary N) is 1. The fourth-order valence-corrected chi connectivity index (χ4v) is 3.41. The molecule has 6 nitrogen and oxygen atoms in total. The van der Waals surface area contributed by atoms with Gasteiger partial charge in [-0.25, -0.2) is 9.59 Å². The molecule has 1 aromatic rings. The third-order valence-corrected chi connectivity index (χ3v) is 4.87. The first-order valence-corrected chi connectivity index (χ1v) is 8.13. The van der Waals surface area contributed by atoms with Gasteiger partial charge in [0.15, 0.2) is 0 Å². The predicted octanol–water partition coefficient (Wildman–Crippen LogP) is 2.61. The molecular weight excluding hydrogens is 294 g/mol. The molecule has 6 heteroatoms. The quantitative estimate of drug-likeness (QED) is 0.899. The van der Waals surface area contributed by atoms with Crippen LogP contribution < -0.4 is 5.32 Å². The molecule has 0 unspecified atom stereocenters. The Balaban J connectivity index is 1.72. The maximum atomic E-state index is 12.4. The van der Waals surface area contributed by atoms with Crippen LogP contribution in [0.15, 0.2) is 18.2 Å². The van der Waals surface area contributed by atoms with Crippen LogP contribution in [0.1, 0.15) is 42.6 Å². The molecule has 23 heavy (non-hydrogen) atoms. The molecule has 0 saturated carbocycles. The molecule has 0 bridgehead atoms. The minimum Gasteiger partial charge on any atom is -0.478 e. The summed E-state index contributed by atoms with van der Waals surface area (Å²) in [5, 5.41) is 11.9. The van der Waals surface area contributed by atoms with Gasteiger partial charge in [0.25, 0.3) is 0 Å². The number of anilines is 1. The molecule has 1 saturated heterocycles. The first kappa shape index (κ1) is 15.8. The zero-order chi connectivity index (χ0) is 16.6. The summed E-state index contributed by atoms with van der Waals surface area (Å²) < 4.78 is 0. The third-order valence-electron chi connectivity index (χ3n) is 4.87. The van der Waals surface area contributed by atoms with Gasteiger partial charge >= 0.3 is 12.0 Å². The van der Waals surface area contributed by atoms with Crippen molar-refractivity contribution in [2.75, 3.05) is 18.4 Å². The topological polar surface area (TPSA) is 72.9 Å². The van der Waals surface area contributed by atoms with Crippen molar-refractivity contribution < 1.29 is 14.7 Å². The lowest BCUT2D eigenvalue weighted by Gasteiger charge is -2.41. The molecule has 0 atom stereocenters. The molecule has 0 spiro atoms. The Morgan fingerprint density at radius 3 is 2.61 bits per heavy atom. The monoisotopic (exact) mass is 317 g/mol. The second kappa shape index (κ2) is 6.20. The molecule has 1 aromatic carbocycles. The van der Waals surface area contributed by atoms with Gasteiger partial charge in [-0.1, -0.05) is 6.07 Å². The van der Waals surface area contributed by atoms with Crippen LogP contribution in [0, 0.1) is 0 Å². The second-order valence-electron chi connectivity index (χ2n) is 6.60. The van der Waals surface area contributed by atoms with Gasteiger partial charge in [-0.15, -0.1) is 0 Å². The number of carbonyl (C=O) groups is 2. The molecule has 0 aliphatic carbocycles. The van der Waals surface area contributed by atoms with Gasteiger partial charge in [-0.3, -0.25) is 0 Å². The van der Waals surface area contributed by atoms with Gasteiger partial charge in [0, 0.05) is 37.4 Å². The Kier molecular flexibility index (Phi) is 4.26. The molecule has 2 amide bonds. The Hall–Kier alpha value is -2.08. The maximum Gasteiger partial charge on any atom is 0.335 e. The first-order valence-electron chi connectivity index (χ1n) is 8.13. The van der Waals surface area contributed by atoms with Crippen molar-refractivity contribution in [3.63, 3.8) is 0 Å². The molecule has 124 valence electrons. The van der Waals surface area contributed by atoms with E-state index in [4.69, 9.17) is 5.11 Å². The van der Waals surface area contributed by atoms with E-state index in [1.807, 2.05) is 4.90 Å². The molecule has 0 aromatic heterocycles. The number of aromatic carboxylic acids is 1. The van der Waals surface area contributed by atoms with Crippen molar-refractivity contribution in [2.45, 2.75) is 45.3 Å². The van der Waals surface area contributed by atoms with E-state index in [1.165, 1.54) is 6.07 Å². The number of piperidine rings is 1. The van der Waals surface area contributed by atoms with E-state index in [2.05, 4.69) is 24.1 Å². The molecule has 2 N–H and O–H groups in total. The van der Waals surface area contributed by atoms with Crippen LogP contribution in [-0.2, 0) is 6.54 Å². The summed E-state index contributed by atoms with van der Waals surface area (Å²) in [6, 6.07) is 5.60. The molecule has 1 fully saturated rings. The molecule has 2 heterocycles. The highest BCUT2D eigenvalue weighted by Gasteiger charge is 2.32. The number of carboxylic acid groups (broad SMARTS) is 1. The predicted molar refractivity (Wildman–Crippen MR) is 87.7 cm³/mol. The van der Waals surface area contributed by atoms with Crippen LogP contribution in [0.4, 0.5) is 10.5 Å². The minimum atomic E-state index is -0.981. The summed E-state index contributed by atoms with van der Waals surface area (Å²) in [5.74, 6) is -0.981. The fourth-order valence-electron chi connectivity index (χ4n) is 3.41. The highest BCUT2D eigenvalue weighted by molar-refractivity contribution is 5.95. The largest absolute Gasteiger partial charge is 0.478 e. The van der Waals surface area contributed by atoms with Crippen LogP contribution >= 0.6 is 0 Å². The Labute approximate surface area is 136 Å². The Morgan fingerprint density at radius 2 is 2.00 bits per heavy atom. The lowest BCUT2D eigenvalue weighted by Crippen LogP contribution is -2.51. The van der Waals surface area contributed by atoms with Crippen LogP contribution in [0.25, 0.3) is 0 Å². The van der Waals surface area contributed by atoms with E-state index in [9.17, 15) is 9.59 Å². The number of fused-ring (bicyclic) bond motifs is 1. The average Bonchev–Trinajstić information content (AvgIpc) is 2.53. The molecule has 3 rings (SSSR count). The summed E-state index contributed by atoms with van der Waals surface area (Å²) in [4.78, 5) is 27.8. The SMILES string of the molecule is CC(C)N1CCC(N2Cc3ccc(C(=O)O)cc3NC2=O)CC1.